The van der Waals surface area contributed by atoms with Gasteiger partial charge in [-0.25, -0.2) is 4.79 Å². The molecule has 0 heterocycles. The SMILES string of the molecule is COc1ccc(C#N)c(N=C=O)c1C. The second-order valence-electron chi connectivity index (χ2n) is 2.60. The maximum Gasteiger partial charge on any atom is 0.240 e. The van der Waals surface area contributed by atoms with Crippen molar-refractivity contribution in [3.05, 3.63) is 23.3 Å². The fourth-order valence-electron chi connectivity index (χ4n) is 1.18. The molecule has 0 amide bonds. The van der Waals surface area contributed by atoms with Gasteiger partial charge in [-0.3, -0.25) is 0 Å². The van der Waals surface area contributed by atoms with Gasteiger partial charge in [-0.2, -0.15) is 10.3 Å². The normalized spacial score (nSPS) is 8.64. The molecule has 0 atom stereocenters. The summed E-state index contributed by atoms with van der Waals surface area (Å²) in [6, 6.07) is 5.17. The number of nitrogens with zero attached hydrogens (tertiary/aromatic N) is 2. The molecular weight excluding hydrogens is 180 g/mol. The molecule has 0 aliphatic carbocycles. The summed E-state index contributed by atoms with van der Waals surface area (Å²) in [5.74, 6) is 0.595. The number of nitriles is 1. The van der Waals surface area contributed by atoms with Crippen molar-refractivity contribution in [3.8, 4) is 11.8 Å². The lowest BCUT2D eigenvalue weighted by Crippen LogP contribution is -1.89. The molecule has 1 aromatic carbocycles. The predicted molar refractivity (Wildman–Crippen MR) is 50.2 cm³/mol. The van der Waals surface area contributed by atoms with Crippen LogP contribution >= 0.6 is 0 Å². The second-order valence-corrected chi connectivity index (χ2v) is 2.60. The number of ether oxygens (including phenoxy) is 1. The van der Waals surface area contributed by atoms with E-state index in [4.69, 9.17) is 10.00 Å². The van der Waals surface area contributed by atoms with E-state index in [0.717, 1.165) is 0 Å². The number of isocyanates is 1. The Hall–Kier alpha value is -2.11. The third kappa shape index (κ3) is 1.63. The summed E-state index contributed by atoms with van der Waals surface area (Å²) in [5, 5.41) is 8.75. The molecule has 4 heteroatoms. The van der Waals surface area contributed by atoms with Crippen LogP contribution in [0.4, 0.5) is 5.69 Å². The number of benzene rings is 1. The summed E-state index contributed by atoms with van der Waals surface area (Å²) in [4.78, 5) is 13.6. The highest BCUT2D eigenvalue weighted by Gasteiger charge is 2.09. The molecule has 0 aliphatic heterocycles. The first-order chi connectivity index (χ1) is 6.74. The van der Waals surface area contributed by atoms with Crippen molar-refractivity contribution >= 4 is 11.8 Å². The van der Waals surface area contributed by atoms with Crippen LogP contribution in [0.1, 0.15) is 11.1 Å². The molecule has 0 saturated carbocycles. The van der Waals surface area contributed by atoms with E-state index in [1.807, 2.05) is 6.07 Å². The van der Waals surface area contributed by atoms with Crippen LogP contribution in [0.2, 0.25) is 0 Å². The van der Waals surface area contributed by atoms with Gasteiger partial charge in [0.05, 0.1) is 12.7 Å². The zero-order valence-electron chi connectivity index (χ0n) is 7.87. The lowest BCUT2D eigenvalue weighted by atomic mass is 10.1. The molecule has 0 aliphatic rings. The molecule has 0 aromatic heterocycles. The summed E-state index contributed by atoms with van der Waals surface area (Å²) < 4.78 is 5.03. The molecule has 70 valence electrons. The van der Waals surface area contributed by atoms with Crippen LogP contribution in [0.15, 0.2) is 17.1 Å². The van der Waals surface area contributed by atoms with Crippen molar-refractivity contribution in [3.63, 3.8) is 0 Å². The van der Waals surface area contributed by atoms with Crippen molar-refractivity contribution in [2.75, 3.05) is 7.11 Å². The number of carbonyl (C=O) groups excluding carboxylic acids is 1. The van der Waals surface area contributed by atoms with E-state index in [1.54, 1.807) is 19.1 Å². The third-order valence-electron chi connectivity index (χ3n) is 1.88. The number of methoxy groups -OCH3 is 1. The number of hydrogen-bond donors (Lipinski definition) is 0. The standard InChI is InChI=1S/C10H8N2O2/c1-7-9(14-2)4-3-8(5-11)10(7)12-6-13/h3-4H,1-2H3. The molecule has 0 fully saturated rings. The predicted octanol–water partition coefficient (Wildman–Crippen LogP) is 1.84. The molecule has 0 radical (unpaired) electrons. The van der Waals surface area contributed by atoms with Gasteiger partial charge in [-0.05, 0) is 19.1 Å². The first kappa shape index (κ1) is 9.97. The Balaban J connectivity index is 3.48. The summed E-state index contributed by atoms with van der Waals surface area (Å²) in [5.41, 5.74) is 1.32. The lowest BCUT2D eigenvalue weighted by Gasteiger charge is -2.06. The van der Waals surface area contributed by atoms with Gasteiger partial charge in [-0.15, -0.1) is 0 Å². The fraction of sp³-hybridized carbons (Fsp3) is 0.200. The van der Waals surface area contributed by atoms with E-state index in [0.29, 0.717) is 22.6 Å². The van der Waals surface area contributed by atoms with Gasteiger partial charge in [-0.1, -0.05) is 0 Å². The first-order valence-corrected chi connectivity index (χ1v) is 3.90. The zero-order chi connectivity index (χ0) is 10.6. The minimum Gasteiger partial charge on any atom is -0.496 e. The number of rotatable bonds is 2. The fourth-order valence-corrected chi connectivity index (χ4v) is 1.18. The van der Waals surface area contributed by atoms with Gasteiger partial charge in [0.25, 0.3) is 0 Å². The van der Waals surface area contributed by atoms with Crippen molar-refractivity contribution in [1.82, 2.24) is 0 Å². The first-order valence-electron chi connectivity index (χ1n) is 3.90. The van der Waals surface area contributed by atoms with Crippen LogP contribution in [-0.2, 0) is 4.79 Å². The molecule has 0 bridgehead atoms. The Kier molecular flexibility index (Phi) is 3.01. The average molecular weight is 188 g/mol. The smallest absolute Gasteiger partial charge is 0.240 e. The van der Waals surface area contributed by atoms with Gasteiger partial charge in [0, 0.05) is 5.56 Å². The Labute approximate surface area is 81.5 Å². The largest absolute Gasteiger partial charge is 0.496 e. The number of aliphatic imine (C=N–C) groups is 1. The average Bonchev–Trinajstić information content (AvgIpc) is 2.21. The topological polar surface area (TPSA) is 62.4 Å². The van der Waals surface area contributed by atoms with E-state index in [9.17, 15) is 4.79 Å². The molecule has 1 aromatic rings. The molecule has 0 spiro atoms. The monoisotopic (exact) mass is 188 g/mol. The van der Waals surface area contributed by atoms with E-state index in [1.165, 1.54) is 13.2 Å². The van der Waals surface area contributed by atoms with Crippen LogP contribution in [0.25, 0.3) is 0 Å². The molecule has 0 N–H and O–H groups in total. The van der Waals surface area contributed by atoms with E-state index in [2.05, 4.69) is 4.99 Å². The zero-order valence-corrected chi connectivity index (χ0v) is 7.87. The summed E-state index contributed by atoms with van der Waals surface area (Å²) in [6.45, 7) is 1.73. The van der Waals surface area contributed by atoms with Gasteiger partial charge in [0.2, 0.25) is 6.08 Å². The van der Waals surface area contributed by atoms with Crippen molar-refractivity contribution in [2.45, 2.75) is 6.92 Å². The summed E-state index contributed by atoms with van der Waals surface area (Å²) in [7, 11) is 1.52. The number of hydrogen-bond acceptors (Lipinski definition) is 4. The van der Waals surface area contributed by atoms with E-state index < -0.39 is 0 Å². The minimum absolute atomic E-state index is 0.321. The maximum atomic E-state index is 10.2. The van der Waals surface area contributed by atoms with Crippen LogP contribution in [-0.4, -0.2) is 13.2 Å². The summed E-state index contributed by atoms with van der Waals surface area (Å²) >= 11 is 0. The van der Waals surface area contributed by atoms with Gasteiger partial charge >= 0.3 is 0 Å². The van der Waals surface area contributed by atoms with Crippen LogP contribution in [0, 0.1) is 18.3 Å². The Morgan fingerprint density at radius 1 is 1.50 bits per heavy atom. The lowest BCUT2D eigenvalue weighted by molar-refractivity contribution is 0.412. The quantitative estimate of drug-likeness (QED) is 0.525. The van der Waals surface area contributed by atoms with Crippen LogP contribution < -0.4 is 4.74 Å². The van der Waals surface area contributed by atoms with Crippen molar-refractivity contribution in [1.29, 1.82) is 5.26 Å². The van der Waals surface area contributed by atoms with Crippen molar-refractivity contribution in [2.24, 2.45) is 4.99 Å². The Bertz CT molecular complexity index is 440. The second kappa shape index (κ2) is 4.22. The van der Waals surface area contributed by atoms with Gasteiger partial charge < -0.3 is 4.74 Å². The van der Waals surface area contributed by atoms with Crippen LogP contribution in [0.3, 0.4) is 0 Å². The molecule has 0 saturated heterocycles. The van der Waals surface area contributed by atoms with E-state index >= 15 is 0 Å². The minimum atomic E-state index is 0.321. The molecule has 0 unspecified atom stereocenters. The molecular formula is C10H8N2O2. The molecule has 1 rings (SSSR count). The highest BCUT2D eigenvalue weighted by molar-refractivity contribution is 5.66. The van der Waals surface area contributed by atoms with Crippen LogP contribution in [0.5, 0.6) is 5.75 Å². The van der Waals surface area contributed by atoms with Gasteiger partial charge in [0.15, 0.2) is 0 Å². The summed E-state index contributed by atoms with van der Waals surface area (Å²) in [6.07, 6.45) is 1.42. The molecule has 14 heavy (non-hydrogen) atoms. The van der Waals surface area contributed by atoms with E-state index in [-0.39, 0.29) is 0 Å². The highest BCUT2D eigenvalue weighted by Crippen LogP contribution is 2.30. The third-order valence-corrected chi connectivity index (χ3v) is 1.88. The Morgan fingerprint density at radius 2 is 2.21 bits per heavy atom. The van der Waals surface area contributed by atoms with Crippen molar-refractivity contribution < 1.29 is 9.53 Å². The maximum absolute atomic E-state index is 10.2. The Morgan fingerprint density at radius 3 is 2.71 bits per heavy atom. The van der Waals surface area contributed by atoms with Gasteiger partial charge in [0.1, 0.15) is 17.5 Å². The molecule has 4 nitrogen and oxygen atoms in total. The highest BCUT2D eigenvalue weighted by atomic mass is 16.5.